The number of anilines is 1. The third-order valence-electron chi connectivity index (χ3n) is 3.25. The van der Waals surface area contributed by atoms with Gasteiger partial charge in [0.1, 0.15) is 5.75 Å². The quantitative estimate of drug-likeness (QED) is 0.776. The van der Waals surface area contributed by atoms with Crippen molar-refractivity contribution in [2.75, 3.05) is 18.0 Å². The molecule has 1 aliphatic heterocycles. The third-order valence-corrected chi connectivity index (χ3v) is 3.91. The number of hydrogen-bond acceptors (Lipinski definition) is 3. The zero-order valence-electron chi connectivity index (χ0n) is 11.2. The van der Waals surface area contributed by atoms with Crippen molar-refractivity contribution in [2.45, 2.75) is 32.3 Å². The van der Waals surface area contributed by atoms with Crippen LogP contribution in [0.15, 0.2) is 24.3 Å². The van der Waals surface area contributed by atoms with Crippen LogP contribution in [0.5, 0.6) is 5.75 Å². The Bertz CT molecular complexity index is 440. The topological polar surface area (TPSA) is 15.7 Å². The molecule has 1 aliphatic rings. The molecule has 0 bridgehead atoms. The fourth-order valence-electron chi connectivity index (χ4n) is 2.37. The minimum Gasteiger partial charge on any atom is -0.406 e. The van der Waals surface area contributed by atoms with Crippen LogP contribution in [0, 0.1) is 0 Å². The van der Waals surface area contributed by atoms with Gasteiger partial charge in [0.15, 0.2) is 0 Å². The SMILES string of the molecule is C[C@@H]1CN(c2ccc(OC(F)(F)F)cc2)C[C@H](C)N1Cl. The highest BCUT2D eigenvalue weighted by atomic mass is 35.5. The van der Waals surface area contributed by atoms with Gasteiger partial charge in [-0.25, -0.2) is 4.42 Å². The maximum atomic E-state index is 12.1. The lowest BCUT2D eigenvalue weighted by Crippen LogP contribution is -2.52. The van der Waals surface area contributed by atoms with Crippen LogP contribution in [0.4, 0.5) is 18.9 Å². The van der Waals surface area contributed by atoms with Crippen LogP contribution >= 0.6 is 11.8 Å². The Morgan fingerprint density at radius 2 is 1.60 bits per heavy atom. The second-order valence-corrected chi connectivity index (χ2v) is 5.38. The Kier molecular flexibility index (Phi) is 4.34. The van der Waals surface area contributed by atoms with Crippen molar-refractivity contribution < 1.29 is 17.9 Å². The second-order valence-electron chi connectivity index (χ2n) is 4.99. The summed E-state index contributed by atoms with van der Waals surface area (Å²) < 4.78 is 41.9. The van der Waals surface area contributed by atoms with Gasteiger partial charge >= 0.3 is 6.36 Å². The van der Waals surface area contributed by atoms with Gasteiger partial charge in [-0.2, -0.15) is 0 Å². The molecule has 2 rings (SSSR count). The summed E-state index contributed by atoms with van der Waals surface area (Å²) in [4.78, 5) is 2.10. The van der Waals surface area contributed by atoms with Gasteiger partial charge in [0.2, 0.25) is 0 Å². The lowest BCUT2D eigenvalue weighted by molar-refractivity contribution is -0.274. The van der Waals surface area contributed by atoms with Crippen LogP contribution in [0.25, 0.3) is 0 Å². The Labute approximate surface area is 121 Å². The van der Waals surface area contributed by atoms with Gasteiger partial charge in [0.05, 0.1) is 0 Å². The number of rotatable bonds is 2. The first-order valence-electron chi connectivity index (χ1n) is 6.31. The highest BCUT2D eigenvalue weighted by Gasteiger charge is 2.31. The van der Waals surface area contributed by atoms with E-state index in [0.717, 1.165) is 18.8 Å². The summed E-state index contributed by atoms with van der Waals surface area (Å²) >= 11 is 6.13. The molecule has 112 valence electrons. The van der Waals surface area contributed by atoms with Crippen molar-refractivity contribution in [3.63, 3.8) is 0 Å². The Morgan fingerprint density at radius 3 is 2.05 bits per heavy atom. The Hall–Kier alpha value is -1.14. The minimum atomic E-state index is -4.66. The molecule has 2 atom stereocenters. The minimum absolute atomic E-state index is 0.173. The normalized spacial score (nSPS) is 24.8. The highest BCUT2D eigenvalue weighted by Crippen LogP contribution is 2.28. The van der Waals surface area contributed by atoms with Crippen molar-refractivity contribution in [1.29, 1.82) is 0 Å². The number of ether oxygens (including phenoxy) is 1. The Balaban J connectivity index is 2.07. The van der Waals surface area contributed by atoms with E-state index in [2.05, 4.69) is 9.64 Å². The molecule has 1 fully saturated rings. The third kappa shape index (κ3) is 3.70. The molecule has 20 heavy (non-hydrogen) atoms. The monoisotopic (exact) mass is 308 g/mol. The van der Waals surface area contributed by atoms with E-state index in [1.807, 2.05) is 13.8 Å². The van der Waals surface area contributed by atoms with E-state index < -0.39 is 6.36 Å². The van der Waals surface area contributed by atoms with Crippen LogP contribution in [0.3, 0.4) is 0 Å². The summed E-state index contributed by atoms with van der Waals surface area (Å²) in [6.07, 6.45) is -4.66. The summed E-state index contributed by atoms with van der Waals surface area (Å²) in [5.41, 5.74) is 0.864. The zero-order chi connectivity index (χ0) is 14.9. The maximum Gasteiger partial charge on any atom is 0.573 e. The first kappa shape index (κ1) is 15.3. The van der Waals surface area contributed by atoms with Gasteiger partial charge in [0, 0.05) is 30.9 Å². The average molecular weight is 309 g/mol. The number of halogens is 4. The van der Waals surface area contributed by atoms with Crippen LogP contribution in [-0.4, -0.2) is 36.0 Å². The molecule has 1 saturated heterocycles. The van der Waals surface area contributed by atoms with Gasteiger partial charge in [-0.05, 0) is 49.9 Å². The summed E-state index contributed by atoms with van der Waals surface area (Å²) in [6, 6.07) is 6.25. The summed E-state index contributed by atoms with van der Waals surface area (Å²) in [5.74, 6) is -0.210. The molecule has 7 heteroatoms. The molecular formula is C13H16ClF3N2O. The van der Waals surface area contributed by atoms with Crippen molar-refractivity contribution >= 4 is 17.5 Å². The van der Waals surface area contributed by atoms with Gasteiger partial charge in [-0.3, -0.25) is 0 Å². The van der Waals surface area contributed by atoms with E-state index in [1.54, 1.807) is 16.6 Å². The molecule has 0 spiro atoms. The van der Waals surface area contributed by atoms with Crippen LogP contribution in [0.2, 0.25) is 0 Å². The predicted octanol–water partition coefficient (Wildman–Crippen LogP) is 3.64. The lowest BCUT2D eigenvalue weighted by atomic mass is 10.1. The van der Waals surface area contributed by atoms with Gasteiger partial charge in [-0.1, -0.05) is 0 Å². The summed E-state index contributed by atoms with van der Waals surface area (Å²) in [6.45, 7) is 5.48. The van der Waals surface area contributed by atoms with Crippen molar-refractivity contribution in [2.24, 2.45) is 0 Å². The average Bonchev–Trinajstić information content (AvgIpc) is 2.34. The second kappa shape index (κ2) is 5.69. The van der Waals surface area contributed by atoms with E-state index in [9.17, 15) is 13.2 Å². The van der Waals surface area contributed by atoms with E-state index >= 15 is 0 Å². The number of hydrogen-bond donors (Lipinski definition) is 0. The van der Waals surface area contributed by atoms with Crippen LogP contribution < -0.4 is 9.64 Å². The maximum absolute atomic E-state index is 12.1. The zero-order valence-corrected chi connectivity index (χ0v) is 11.9. The smallest absolute Gasteiger partial charge is 0.406 e. The van der Waals surface area contributed by atoms with Crippen molar-refractivity contribution in [1.82, 2.24) is 4.42 Å². The Morgan fingerprint density at radius 1 is 1.10 bits per heavy atom. The van der Waals surface area contributed by atoms with Crippen LogP contribution in [0.1, 0.15) is 13.8 Å². The molecule has 0 amide bonds. The fraction of sp³-hybridized carbons (Fsp3) is 0.538. The van der Waals surface area contributed by atoms with E-state index in [-0.39, 0.29) is 17.8 Å². The van der Waals surface area contributed by atoms with E-state index in [4.69, 9.17) is 11.8 Å². The largest absolute Gasteiger partial charge is 0.573 e. The standard InChI is InChI=1S/C13H16ClF3N2O/c1-9-7-18(8-10(2)19(9)14)11-3-5-12(6-4-11)20-13(15,16)17/h3-6,9-10H,7-8H2,1-2H3/t9-,10+. The summed E-state index contributed by atoms with van der Waals surface area (Å²) in [7, 11) is 0. The van der Waals surface area contributed by atoms with Crippen molar-refractivity contribution in [3.8, 4) is 5.75 Å². The molecule has 1 aromatic rings. The molecule has 0 aromatic heterocycles. The molecule has 3 nitrogen and oxygen atoms in total. The molecule has 1 heterocycles. The number of benzene rings is 1. The van der Waals surface area contributed by atoms with E-state index in [0.29, 0.717) is 0 Å². The first-order valence-corrected chi connectivity index (χ1v) is 6.65. The van der Waals surface area contributed by atoms with E-state index in [1.165, 1.54) is 12.1 Å². The predicted molar refractivity (Wildman–Crippen MR) is 72.0 cm³/mol. The first-order chi connectivity index (χ1) is 9.26. The van der Waals surface area contributed by atoms with Gasteiger partial charge < -0.3 is 9.64 Å². The number of piperazine rings is 1. The number of nitrogens with zero attached hydrogens (tertiary/aromatic N) is 2. The molecule has 0 unspecified atom stereocenters. The van der Waals surface area contributed by atoms with Crippen molar-refractivity contribution in [3.05, 3.63) is 24.3 Å². The molecule has 0 saturated carbocycles. The highest BCUT2D eigenvalue weighted by molar-refractivity contribution is 6.13. The molecule has 1 aromatic carbocycles. The molecule has 0 N–H and O–H groups in total. The van der Waals surface area contributed by atoms with Gasteiger partial charge in [0.25, 0.3) is 0 Å². The van der Waals surface area contributed by atoms with Crippen LogP contribution in [-0.2, 0) is 0 Å². The fourth-order valence-corrected chi connectivity index (χ4v) is 2.50. The number of alkyl halides is 3. The molecule has 0 radical (unpaired) electrons. The van der Waals surface area contributed by atoms with Gasteiger partial charge in [-0.15, -0.1) is 13.2 Å². The molecular weight excluding hydrogens is 293 g/mol. The molecule has 0 aliphatic carbocycles. The summed E-state index contributed by atoms with van der Waals surface area (Å²) in [5, 5.41) is 0. The lowest BCUT2D eigenvalue weighted by Gasteiger charge is -2.41.